The van der Waals surface area contributed by atoms with Crippen molar-refractivity contribution in [1.29, 1.82) is 0 Å². The molecule has 0 spiro atoms. The summed E-state index contributed by atoms with van der Waals surface area (Å²) in [4.78, 5) is 36.6. The molecule has 0 saturated heterocycles. The van der Waals surface area contributed by atoms with Gasteiger partial charge in [-0.1, -0.05) is 55.5 Å². The van der Waals surface area contributed by atoms with Crippen LogP contribution in [0.1, 0.15) is 44.4 Å². The molecule has 4 nitrogen and oxygen atoms in total. The number of Topliss-reactive ketones (excluding diaryl/α,β-unsaturated/α-hetero) is 2. The van der Waals surface area contributed by atoms with Crippen LogP contribution in [0.25, 0.3) is 0 Å². The SMILES string of the molecule is CCCOC(=O)c1ccccc1C(=O)C(=O)c1ccccc1. The zero-order chi connectivity index (χ0) is 15.9. The van der Waals surface area contributed by atoms with Crippen molar-refractivity contribution in [3.8, 4) is 0 Å². The number of carbonyl (C=O) groups is 3. The summed E-state index contributed by atoms with van der Waals surface area (Å²) in [5.74, 6) is -1.95. The van der Waals surface area contributed by atoms with E-state index >= 15 is 0 Å². The molecule has 2 rings (SSSR count). The standard InChI is InChI=1S/C18H16O4/c1-2-12-22-18(21)15-11-7-6-10-14(15)17(20)16(19)13-8-4-3-5-9-13/h3-11H,2,12H2,1H3. The number of hydrogen-bond donors (Lipinski definition) is 0. The highest BCUT2D eigenvalue weighted by molar-refractivity contribution is 6.50. The van der Waals surface area contributed by atoms with Crippen LogP contribution in [-0.2, 0) is 4.74 Å². The molecule has 0 atom stereocenters. The van der Waals surface area contributed by atoms with Crippen LogP contribution in [0.5, 0.6) is 0 Å². The Balaban J connectivity index is 2.30. The molecule has 0 bridgehead atoms. The lowest BCUT2D eigenvalue weighted by atomic mass is 9.97. The zero-order valence-electron chi connectivity index (χ0n) is 12.2. The molecular weight excluding hydrogens is 280 g/mol. The highest BCUT2D eigenvalue weighted by Gasteiger charge is 2.23. The third-order valence-corrected chi connectivity index (χ3v) is 3.07. The number of carbonyl (C=O) groups excluding carboxylic acids is 3. The molecule has 0 saturated carbocycles. The van der Waals surface area contributed by atoms with Gasteiger partial charge in [0, 0.05) is 11.1 Å². The Bertz CT molecular complexity index is 689. The number of ketones is 2. The predicted octanol–water partition coefficient (Wildman–Crippen LogP) is 3.32. The van der Waals surface area contributed by atoms with Crippen LogP contribution >= 0.6 is 0 Å². The molecule has 22 heavy (non-hydrogen) atoms. The Morgan fingerprint density at radius 2 is 1.41 bits per heavy atom. The van der Waals surface area contributed by atoms with Crippen molar-refractivity contribution in [3.63, 3.8) is 0 Å². The fourth-order valence-corrected chi connectivity index (χ4v) is 1.97. The topological polar surface area (TPSA) is 60.4 Å². The maximum absolute atomic E-state index is 12.4. The maximum Gasteiger partial charge on any atom is 0.338 e. The van der Waals surface area contributed by atoms with Crippen LogP contribution in [-0.4, -0.2) is 24.1 Å². The normalized spacial score (nSPS) is 10.0. The quantitative estimate of drug-likeness (QED) is 0.466. The Labute approximate surface area is 128 Å². The molecule has 0 aliphatic carbocycles. The summed E-state index contributed by atoms with van der Waals surface area (Å²) in [7, 11) is 0. The lowest BCUT2D eigenvalue weighted by Crippen LogP contribution is -2.19. The minimum absolute atomic E-state index is 0.0671. The summed E-state index contributed by atoms with van der Waals surface area (Å²) in [5.41, 5.74) is 0.479. The third-order valence-electron chi connectivity index (χ3n) is 3.07. The van der Waals surface area contributed by atoms with Crippen LogP contribution in [0.3, 0.4) is 0 Å². The van der Waals surface area contributed by atoms with Gasteiger partial charge in [0.1, 0.15) is 0 Å². The number of rotatable bonds is 6. The maximum atomic E-state index is 12.4. The van der Waals surface area contributed by atoms with Crippen molar-refractivity contribution in [1.82, 2.24) is 0 Å². The summed E-state index contributed by atoms with van der Waals surface area (Å²) in [6, 6.07) is 14.5. The van der Waals surface area contributed by atoms with E-state index < -0.39 is 17.5 Å². The molecule has 0 N–H and O–H groups in total. The summed E-state index contributed by atoms with van der Waals surface area (Å²) in [6.07, 6.45) is 0.685. The molecule has 4 heteroatoms. The number of hydrogen-bond acceptors (Lipinski definition) is 4. The van der Waals surface area contributed by atoms with E-state index in [1.165, 1.54) is 12.1 Å². The lowest BCUT2D eigenvalue weighted by Gasteiger charge is -2.08. The van der Waals surface area contributed by atoms with E-state index in [0.717, 1.165) is 0 Å². The van der Waals surface area contributed by atoms with E-state index in [9.17, 15) is 14.4 Å². The zero-order valence-corrected chi connectivity index (χ0v) is 12.2. The van der Waals surface area contributed by atoms with Crippen LogP contribution in [0, 0.1) is 0 Å². The first-order chi connectivity index (χ1) is 10.6. The lowest BCUT2D eigenvalue weighted by molar-refractivity contribution is 0.0502. The minimum Gasteiger partial charge on any atom is -0.462 e. The second kappa shape index (κ2) is 7.31. The van der Waals surface area contributed by atoms with Gasteiger partial charge in [-0.2, -0.15) is 0 Å². The van der Waals surface area contributed by atoms with E-state index in [1.54, 1.807) is 42.5 Å². The van der Waals surface area contributed by atoms with Gasteiger partial charge < -0.3 is 4.74 Å². The average molecular weight is 296 g/mol. The molecule has 2 aromatic carbocycles. The molecule has 0 aliphatic heterocycles. The molecule has 0 aromatic heterocycles. The van der Waals surface area contributed by atoms with Crippen LogP contribution in [0.2, 0.25) is 0 Å². The Morgan fingerprint density at radius 1 is 0.818 bits per heavy atom. The highest BCUT2D eigenvalue weighted by atomic mass is 16.5. The first-order valence-electron chi connectivity index (χ1n) is 7.05. The Kier molecular flexibility index (Phi) is 5.20. The summed E-state index contributed by atoms with van der Waals surface area (Å²) >= 11 is 0. The van der Waals surface area contributed by atoms with Gasteiger partial charge in [0.05, 0.1) is 12.2 Å². The molecular formula is C18H16O4. The average Bonchev–Trinajstić information content (AvgIpc) is 2.59. The van der Waals surface area contributed by atoms with Gasteiger partial charge in [0.15, 0.2) is 0 Å². The number of ether oxygens (including phenoxy) is 1. The summed E-state index contributed by atoms with van der Waals surface area (Å²) in [5, 5.41) is 0. The molecule has 0 radical (unpaired) electrons. The van der Waals surface area contributed by atoms with Gasteiger partial charge in [-0.05, 0) is 12.5 Å². The Hall–Kier alpha value is -2.75. The largest absolute Gasteiger partial charge is 0.462 e. The van der Waals surface area contributed by atoms with Crippen molar-refractivity contribution in [2.75, 3.05) is 6.61 Å². The van der Waals surface area contributed by atoms with Crippen molar-refractivity contribution >= 4 is 17.5 Å². The number of esters is 1. The van der Waals surface area contributed by atoms with E-state index in [-0.39, 0.29) is 17.7 Å². The van der Waals surface area contributed by atoms with Crippen LogP contribution in [0.4, 0.5) is 0 Å². The third kappa shape index (κ3) is 3.47. The molecule has 0 amide bonds. The van der Waals surface area contributed by atoms with E-state index in [2.05, 4.69) is 0 Å². The second-order valence-corrected chi connectivity index (χ2v) is 4.71. The van der Waals surface area contributed by atoms with Crippen molar-refractivity contribution < 1.29 is 19.1 Å². The van der Waals surface area contributed by atoms with E-state index in [1.807, 2.05) is 6.92 Å². The smallest absolute Gasteiger partial charge is 0.338 e. The summed E-state index contributed by atoms with van der Waals surface area (Å²) in [6.45, 7) is 2.15. The van der Waals surface area contributed by atoms with Gasteiger partial charge in [0.2, 0.25) is 11.6 Å². The van der Waals surface area contributed by atoms with Crippen molar-refractivity contribution in [2.24, 2.45) is 0 Å². The highest BCUT2D eigenvalue weighted by Crippen LogP contribution is 2.14. The van der Waals surface area contributed by atoms with Crippen molar-refractivity contribution in [2.45, 2.75) is 13.3 Å². The molecule has 0 aliphatic rings. The van der Waals surface area contributed by atoms with Gasteiger partial charge >= 0.3 is 5.97 Å². The monoisotopic (exact) mass is 296 g/mol. The number of benzene rings is 2. The molecule has 0 unspecified atom stereocenters. The summed E-state index contributed by atoms with van der Waals surface area (Å²) < 4.78 is 5.05. The Morgan fingerprint density at radius 3 is 2.05 bits per heavy atom. The van der Waals surface area contributed by atoms with E-state index in [0.29, 0.717) is 12.0 Å². The van der Waals surface area contributed by atoms with Gasteiger partial charge in [-0.25, -0.2) is 4.79 Å². The molecule has 0 heterocycles. The van der Waals surface area contributed by atoms with Gasteiger partial charge in [-0.3, -0.25) is 9.59 Å². The van der Waals surface area contributed by atoms with Gasteiger partial charge in [-0.15, -0.1) is 0 Å². The second-order valence-electron chi connectivity index (χ2n) is 4.71. The predicted molar refractivity (Wildman–Crippen MR) is 82.1 cm³/mol. The first kappa shape index (κ1) is 15.6. The molecule has 0 fully saturated rings. The van der Waals surface area contributed by atoms with Crippen LogP contribution < -0.4 is 0 Å². The first-order valence-corrected chi connectivity index (χ1v) is 7.05. The van der Waals surface area contributed by atoms with E-state index in [4.69, 9.17) is 4.74 Å². The fraction of sp³-hybridized carbons (Fsp3) is 0.167. The molecule has 2 aromatic rings. The van der Waals surface area contributed by atoms with Gasteiger partial charge in [0.25, 0.3) is 0 Å². The van der Waals surface area contributed by atoms with Crippen LogP contribution in [0.15, 0.2) is 54.6 Å². The fourth-order valence-electron chi connectivity index (χ4n) is 1.97. The van der Waals surface area contributed by atoms with Crippen molar-refractivity contribution in [3.05, 3.63) is 71.3 Å². The minimum atomic E-state index is -0.713. The molecule has 112 valence electrons.